The van der Waals surface area contributed by atoms with Crippen LogP contribution in [0.5, 0.6) is 5.75 Å². The Labute approximate surface area is 107 Å². The minimum atomic E-state index is -0.0201. The van der Waals surface area contributed by atoms with Gasteiger partial charge in [-0.2, -0.15) is 0 Å². The van der Waals surface area contributed by atoms with Gasteiger partial charge >= 0.3 is 0 Å². The number of carbonyl (C=O) groups excluding carboxylic acids is 2. The van der Waals surface area contributed by atoms with Gasteiger partial charge in [0.25, 0.3) is 0 Å². The van der Waals surface area contributed by atoms with E-state index in [2.05, 4.69) is 0 Å². The van der Waals surface area contributed by atoms with Gasteiger partial charge in [0.05, 0.1) is 13.2 Å². The molecule has 0 aromatic heterocycles. The Morgan fingerprint density at radius 1 is 1.33 bits per heavy atom. The summed E-state index contributed by atoms with van der Waals surface area (Å²) in [5.41, 5.74) is 0.623. The van der Waals surface area contributed by atoms with Crippen molar-refractivity contribution in [3.8, 4) is 5.75 Å². The van der Waals surface area contributed by atoms with Crippen LogP contribution >= 0.6 is 0 Å². The smallest absolute Gasteiger partial charge is 0.223 e. The quantitative estimate of drug-likeness (QED) is 0.746. The first-order valence-corrected chi connectivity index (χ1v) is 6.24. The number of Topliss-reactive ketones (excluding diaryl/α,β-unsaturated/α-hetero) is 1. The lowest BCUT2D eigenvalue weighted by atomic mass is 10.1. The predicted molar refractivity (Wildman–Crippen MR) is 67.8 cm³/mol. The van der Waals surface area contributed by atoms with Gasteiger partial charge in [-0.1, -0.05) is 0 Å². The average Bonchev–Trinajstić information content (AvgIpc) is 2.76. The fourth-order valence-corrected chi connectivity index (χ4v) is 2.04. The van der Waals surface area contributed by atoms with Crippen molar-refractivity contribution in [2.24, 2.45) is 0 Å². The van der Waals surface area contributed by atoms with Gasteiger partial charge in [-0.3, -0.25) is 9.59 Å². The molecule has 1 aliphatic rings. The van der Waals surface area contributed by atoms with Crippen LogP contribution in [0.3, 0.4) is 0 Å². The maximum Gasteiger partial charge on any atom is 0.223 e. The molecule has 0 saturated carbocycles. The third kappa shape index (κ3) is 2.88. The van der Waals surface area contributed by atoms with Crippen LogP contribution in [0.4, 0.5) is 0 Å². The van der Waals surface area contributed by atoms with E-state index in [1.165, 1.54) is 0 Å². The molecule has 1 saturated heterocycles. The lowest BCUT2D eigenvalue weighted by molar-refractivity contribution is -0.127. The van der Waals surface area contributed by atoms with E-state index in [1.54, 1.807) is 29.2 Å². The van der Waals surface area contributed by atoms with Gasteiger partial charge in [-0.15, -0.1) is 0 Å². The molecule has 96 valence electrons. The zero-order valence-electron chi connectivity index (χ0n) is 10.5. The topological polar surface area (TPSA) is 46.6 Å². The number of hydrogen-bond donors (Lipinski definition) is 0. The van der Waals surface area contributed by atoms with Crippen molar-refractivity contribution >= 4 is 11.7 Å². The molecule has 18 heavy (non-hydrogen) atoms. The molecule has 1 amide bonds. The van der Waals surface area contributed by atoms with Crippen LogP contribution < -0.4 is 4.74 Å². The van der Waals surface area contributed by atoms with Crippen LogP contribution in [0, 0.1) is 0 Å². The lowest BCUT2D eigenvalue weighted by Crippen LogP contribution is -2.30. The number of benzene rings is 1. The number of nitrogens with zero attached hydrogens (tertiary/aromatic N) is 1. The largest absolute Gasteiger partial charge is 0.494 e. The van der Waals surface area contributed by atoms with Gasteiger partial charge in [-0.05, 0) is 37.6 Å². The summed E-state index contributed by atoms with van der Waals surface area (Å²) in [7, 11) is 0. The van der Waals surface area contributed by atoms with Gasteiger partial charge in [0.15, 0.2) is 5.78 Å². The fourth-order valence-electron chi connectivity index (χ4n) is 2.04. The van der Waals surface area contributed by atoms with Crippen LogP contribution in [-0.4, -0.2) is 36.3 Å². The highest BCUT2D eigenvalue weighted by Crippen LogP contribution is 2.14. The standard InChI is InChI=1S/C14H17NO3/c1-2-18-12-7-5-11(6-8-12)13(16)10-15-9-3-4-14(15)17/h5-8H,2-4,9-10H2,1H3. The Morgan fingerprint density at radius 3 is 2.61 bits per heavy atom. The van der Waals surface area contributed by atoms with Crippen LogP contribution in [0.1, 0.15) is 30.1 Å². The van der Waals surface area contributed by atoms with E-state index < -0.39 is 0 Å². The summed E-state index contributed by atoms with van der Waals surface area (Å²) in [6, 6.07) is 7.05. The van der Waals surface area contributed by atoms with E-state index in [4.69, 9.17) is 4.74 Å². The highest BCUT2D eigenvalue weighted by Gasteiger charge is 2.22. The molecule has 4 heteroatoms. The van der Waals surface area contributed by atoms with Crippen molar-refractivity contribution in [1.82, 2.24) is 4.90 Å². The molecule has 1 fully saturated rings. The first-order chi connectivity index (χ1) is 8.70. The monoisotopic (exact) mass is 247 g/mol. The zero-order chi connectivity index (χ0) is 13.0. The predicted octanol–water partition coefficient (Wildman–Crippen LogP) is 1.89. The highest BCUT2D eigenvalue weighted by atomic mass is 16.5. The molecule has 2 rings (SSSR count). The Balaban J connectivity index is 1.98. The third-order valence-corrected chi connectivity index (χ3v) is 2.99. The van der Waals surface area contributed by atoms with Crippen molar-refractivity contribution in [3.05, 3.63) is 29.8 Å². The zero-order valence-corrected chi connectivity index (χ0v) is 10.5. The Hall–Kier alpha value is -1.84. The Morgan fingerprint density at radius 2 is 2.06 bits per heavy atom. The van der Waals surface area contributed by atoms with Gasteiger partial charge in [0.2, 0.25) is 5.91 Å². The van der Waals surface area contributed by atoms with Gasteiger partial charge in [0.1, 0.15) is 5.75 Å². The number of ketones is 1. The molecule has 4 nitrogen and oxygen atoms in total. The van der Waals surface area contributed by atoms with Gasteiger partial charge < -0.3 is 9.64 Å². The van der Waals surface area contributed by atoms with E-state index in [0.29, 0.717) is 25.1 Å². The summed E-state index contributed by atoms with van der Waals surface area (Å²) in [5.74, 6) is 0.814. The molecular formula is C14H17NO3. The molecule has 0 spiro atoms. The third-order valence-electron chi connectivity index (χ3n) is 2.99. The summed E-state index contributed by atoms with van der Waals surface area (Å²) >= 11 is 0. The molecule has 0 atom stereocenters. The van der Waals surface area contributed by atoms with Crippen LogP contribution in [0.15, 0.2) is 24.3 Å². The Kier molecular flexibility index (Phi) is 3.97. The van der Waals surface area contributed by atoms with Crippen LogP contribution in [0.2, 0.25) is 0 Å². The maximum absolute atomic E-state index is 12.0. The lowest BCUT2D eigenvalue weighted by Gasteiger charge is -2.14. The number of rotatable bonds is 5. The second kappa shape index (κ2) is 5.67. The first-order valence-electron chi connectivity index (χ1n) is 6.24. The molecule has 0 unspecified atom stereocenters. The van der Waals surface area contributed by atoms with E-state index in [9.17, 15) is 9.59 Å². The fraction of sp³-hybridized carbons (Fsp3) is 0.429. The van der Waals surface area contributed by atoms with Gasteiger partial charge in [-0.25, -0.2) is 0 Å². The Bertz CT molecular complexity index is 439. The van der Waals surface area contributed by atoms with Gasteiger partial charge in [0, 0.05) is 18.5 Å². The highest BCUT2D eigenvalue weighted by molar-refractivity contribution is 5.99. The van der Waals surface area contributed by atoms with E-state index in [0.717, 1.165) is 12.2 Å². The van der Waals surface area contributed by atoms with E-state index in [1.807, 2.05) is 6.92 Å². The van der Waals surface area contributed by atoms with Crippen LogP contribution in [-0.2, 0) is 4.79 Å². The molecule has 1 aromatic carbocycles. The number of carbonyl (C=O) groups is 2. The molecule has 0 bridgehead atoms. The van der Waals surface area contributed by atoms with Crippen molar-refractivity contribution in [2.75, 3.05) is 19.7 Å². The summed E-state index contributed by atoms with van der Waals surface area (Å²) in [4.78, 5) is 25.0. The number of hydrogen-bond acceptors (Lipinski definition) is 3. The van der Waals surface area contributed by atoms with Crippen molar-refractivity contribution < 1.29 is 14.3 Å². The molecular weight excluding hydrogens is 230 g/mol. The van der Waals surface area contributed by atoms with Crippen LogP contribution in [0.25, 0.3) is 0 Å². The molecule has 0 aliphatic carbocycles. The number of ether oxygens (including phenoxy) is 1. The maximum atomic E-state index is 12.0. The summed E-state index contributed by atoms with van der Waals surface area (Å²) in [6.45, 7) is 3.40. The van der Waals surface area contributed by atoms with Crippen molar-refractivity contribution in [1.29, 1.82) is 0 Å². The second-order valence-corrected chi connectivity index (χ2v) is 4.30. The summed E-state index contributed by atoms with van der Waals surface area (Å²) in [6.07, 6.45) is 1.42. The second-order valence-electron chi connectivity index (χ2n) is 4.30. The minimum absolute atomic E-state index is 0.0201. The minimum Gasteiger partial charge on any atom is -0.494 e. The summed E-state index contributed by atoms with van der Waals surface area (Å²) in [5, 5.41) is 0. The molecule has 0 N–H and O–H groups in total. The van der Waals surface area contributed by atoms with E-state index >= 15 is 0 Å². The molecule has 1 heterocycles. The first kappa shape index (κ1) is 12.6. The summed E-state index contributed by atoms with van der Waals surface area (Å²) < 4.78 is 5.32. The number of likely N-dealkylation sites (tertiary alicyclic amines) is 1. The molecule has 1 aromatic rings. The number of amides is 1. The van der Waals surface area contributed by atoms with E-state index in [-0.39, 0.29) is 18.2 Å². The SMILES string of the molecule is CCOc1ccc(C(=O)CN2CCCC2=O)cc1. The molecule has 1 aliphatic heterocycles. The van der Waals surface area contributed by atoms with Crippen molar-refractivity contribution in [2.45, 2.75) is 19.8 Å². The van der Waals surface area contributed by atoms with Crippen molar-refractivity contribution in [3.63, 3.8) is 0 Å². The molecule has 0 radical (unpaired) electrons. The normalized spacial score (nSPS) is 14.9. The average molecular weight is 247 g/mol.